The monoisotopic (exact) mass is 304 g/mol. The first-order chi connectivity index (χ1) is 10.2. The second-order valence-electron chi connectivity index (χ2n) is 6.80. The fourth-order valence-corrected chi connectivity index (χ4v) is 2.66. The second-order valence-corrected chi connectivity index (χ2v) is 6.80. The predicted molar refractivity (Wildman–Crippen MR) is 78.5 cm³/mol. The molecule has 2 aliphatic rings. The van der Waals surface area contributed by atoms with Gasteiger partial charge in [-0.3, -0.25) is 4.79 Å². The average molecular weight is 304 g/mol. The number of carbonyl (C=O) groups excluding carboxylic acids is 2. The van der Waals surface area contributed by atoms with E-state index in [-0.39, 0.29) is 11.4 Å². The zero-order valence-corrected chi connectivity index (χ0v) is 13.1. The minimum Gasteiger partial charge on any atom is -0.449 e. The van der Waals surface area contributed by atoms with Crippen LogP contribution in [0.2, 0.25) is 0 Å². The van der Waals surface area contributed by atoms with Crippen LogP contribution in [0.4, 0.5) is 4.79 Å². The quantitative estimate of drug-likeness (QED) is 0.550. The van der Waals surface area contributed by atoms with Gasteiger partial charge in [0.15, 0.2) is 12.2 Å². The van der Waals surface area contributed by atoms with Crippen molar-refractivity contribution in [2.45, 2.75) is 64.3 Å². The highest BCUT2D eigenvalue weighted by molar-refractivity contribution is 5.71. The molecule has 2 fully saturated rings. The van der Waals surface area contributed by atoms with Crippen LogP contribution in [0.3, 0.4) is 0 Å². The first kappa shape index (κ1) is 16.2. The summed E-state index contributed by atoms with van der Waals surface area (Å²) in [6, 6.07) is 0. The van der Waals surface area contributed by atoms with Gasteiger partial charge in [0.2, 0.25) is 0 Å². The zero-order valence-electron chi connectivity index (χ0n) is 13.1. The summed E-state index contributed by atoms with van der Waals surface area (Å²) < 4.78 is 15.3. The maximum absolute atomic E-state index is 11.5. The fourth-order valence-electron chi connectivity index (χ4n) is 2.66. The summed E-state index contributed by atoms with van der Waals surface area (Å²) in [4.78, 5) is 22.9. The van der Waals surface area contributed by atoms with E-state index in [1.165, 1.54) is 0 Å². The van der Waals surface area contributed by atoms with Gasteiger partial charge in [0.05, 0.1) is 6.42 Å². The summed E-state index contributed by atoms with van der Waals surface area (Å²) in [6.45, 7) is 5.80. The molecule has 0 bridgehead atoms. The van der Waals surface area contributed by atoms with E-state index in [1.807, 2.05) is 13.8 Å². The normalized spacial score (nSPS) is 33.4. The van der Waals surface area contributed by atoms with Gasteiger partial charge in [0.25, 0.3) is 0 Å². The smallest absolute Gasteiger partial charge is 0.449 e. The first-order valence-electron chi connectivity index (χ1n) is 7.25. The molecule has 0 aromatic rings. The molecule has 0 spiro atoms. The van der Waals surface area contributed by atoms with Crippen LogP contribution in [0.1, 0.15) is 46.5 Å². The highest BCUT2D eigenvalue weighted by atomic mass is 16.7. The van der Waals surface area contributed by atoms with Crippen LogP contribution in [0.25, 0.3) is 0 Å². The Morgan fingerprint density at radius 2 is 1.91 bits per heavy atom. The third-order valence-corrected chi connectivity index (χ3v) is 3.73. The molecular weight excluding hydrogens is 284 g/mol. The minimum absolute atomic E-state index is 0.113. The Hall–Kier alpha value is -2.14. The molecule has 0 amide bonds. The molecule has 0 aromatic heterocycles. The van der Waals surface area contributed by atoms with Crippen molar-refractivity contribution in [3.63, 3.8) is 0 Å². The Morgan fingerprint density at radius 1 is 1.18 bits per heavy atom. The average Bonchev–Trinajstić information content (AvgIpc) is 2.34. The lowest BCUT2D eigenvalue weighted by molar-refractivity contribution is -0.156. The van der Waals surface area contributed by atoms with E-state index in [0.717, 1.165) is 0 Å². The van der Waals surface area contributed by atoms with Crippen LogP contribution in [-0.4, -0.2) is 29.9 Å². The van der Waals surface area contributed by atoms with Crippen LogP contribution in [0, 0.1) is 29.6 Å². The summed E-state index contributed by atoms with van der Waals surface area (Å²) >= 11 is 0. The Morgan fingerprint density at radius 3 is 2.55 bits per heavy atom. The summed E-state index contributed by atoms with van der Waals surface area (Å²) in [7, 11) is 0. The Bertz CT molecular complexity index is 574. The van der Waals surface area contributed by atoms with Gasteiger partial charge in [0, 0.05) is 19.3 Å². The van der Waals surface area contributed by atoms with Gasteiger partial charge < -0.3 is 14.2 Å². The fraction of sp³-hybridized carbons (Fsp3) is 0.647. The second kappa shape index (κ2) is 5.93. The molecule has 0 radical (unpaired) electrons. The summed E-state index contributed by atoms with van der Waals surface area (Å²) in [5.41, 5.74) is -0.897. The topological polar surface area (TPSA) is 61.8 Å². The standard InChI is InChI=1S/C17H20O5/c1-5-12-10-17(4,22-15(19)21-12)8-6-7-13-9-16(2,3)11-14(18)20-13/h1,12-13H,8-11H2,2-4H3. The number of terminal acetylenes is 1. The van der Waals surface area contributed by atoms with Crippen molar-refractivity contribution in [2.24, 2.45) is 5.41 Å². The van der Waals surface area contributed by atoms with E-state index in [9.17, 15) is 9.59 Å². The van der Waals surface area contributed by atoms with E-state index >= 15 is 0 Å². The van der Waals surface area contributed by atoms with Crippen molar-refractivity contribution in [1.29, 1.82) is 0 Å². The van der Waals surface area contributed by atoms with Crippen LogP contribution in [0.15, 0.2) is 0 Å². The molecule has 0 N–H and O–H groups in total. The molecular formula is C17H20O5. The lowest BCUT2D eigenvalue weighted by Crippen LogP contribution is -2.42. The number of cyclic esters (lactones) is 3. The molecule has 0 aliphatic carbocycles. The van der Waals surface area contributed by atoms with Gasteiger partial charge >= 0.3 is 12.1 Å². The van der Waals surface area contributed by atoms with Gasteiger partial charge in [-0.15, -0.1) is 6.42 Å². The van der Waals surface area contributed by atoms with Crippen LogP contribution >= 0.6 is 0 Å². The third kappa shape index (κ3) is 4.18. The number of hydrogen-bond donors (Lipinski definition) is 0. The van der Waals surface area contributed by atoms with E-state index < -0.39 is 24.0 Å². The highest BCUT2D eigenvalue weighted by Crippen LogP contribution is 2.33. The lowest BCUT2D eigenvalue weighted by Gasteiger charge is -2.34. The van der Waals surface area contributed by atoms with Crippen molar-refractivity contribution in [1.82, 2.24) is 0 Å². The number of carbonyl (C=O) groups is 2. The number of rotatable bonds is 1. The van der Waals surface area contributed by atoms with E-state index in [0.29, 0.717) is 25.7 Å². The van der Waals surface area contributed by atoms with Crippen LogP contribution < -0.4 is 0 Å². The maximum atomic E-state index is 11.5. The summed E-state index contributed by atoms with van der Waals surface area (Å²) in [5, 5.41) is 0. The maximum Gasteiger partial charge on any atom is 0.510 e. The number of ether oxygens (including phenoxy) is 3. The van der Waals surface area contributed by atoms with Crippen molar-refractivity contribution in [3.05, 3.63) is 0 Å². The molecule has 2 heterocycles. The Balaban J connectivity index is 1.99. The van der Waals surface area contributed by atoms with Gasteiger partial charge in [-0.2, -0.15) is 0 Å². The molecule has 3 unspecified atom stereocenters. The Labute approximate surface area is 130 Å². The van der Waals surface area contributed by atoms with Crippen molar-refractivity contribution >= 4 is 12.1 Å². The van der Waals surface area contributed by atoms with Crippen molar-refractivity contribution in [3.8, 4) is 24.2 Å². The molecule has 2 saturated heterocycles. The number of esters is 1. The molecule has 2 rings (SSSR count). The van der Waals surface area contributed by atoms with Crippen LogP contribution in [0.5, 0.6) is 0 Å². The summed E-state index contributed by atoms with van der Waals surface area (Å²) in [6.07, 6.45) is 5.31. The SMILES string of the molecule is C#CC1CC(C)(CC#CC2CC(C)(C)CC(=O)O2)OC(=O)O1. The van der Waals surface area contributed by atoms with Gasteiger partial charge in [-0.25, -0.2) is 4.79 Å². The van der Waals surface area contributed by atoms with Gasteiger partial charge in [-0.05, 0) is 12.3 Å². The number of hydrogen-bond acceptors (Lipinski definition) is 5. The predicted octanol–water partition coefficient (Wildman–Crippen LogP) is 2.43. The summed E-state index contributed by atoms with van der Waals surface area (Å²) in [5.74, 6) is 8.09. The highest BCUT2D eigenvalue weighted by Gasteiger charge is 2.38. The van der Waals surface area contributed by atoms with Gasteiger partial charge in [0.1, 0.15) is 5.60 Å². The molecule has 22 heavy (non-hydrogen) atoms. The zero-order chi connectivity index (χ0) is 16.4. The molecule has 5 nitrogen and oxygen atoms in total. The van der Waals surface area contributed by atoms with Crippen molar-refractivity contribution < 1.29 is 23.8 Å². The molecule has 2 aliphatic heterocycles. The molecule has 3 atom stereocenters. The first-order valence-corrected chi connectivity index (χ1v) is 7.25. The largest absolute Gasteiger partial charge is 0.510 e. The third-order valence-electron chi connectivity index (χ3n) is 3.73. The Kier molecular flexibility index (Phi) is 4.37. The molecule has 0 aromatic carbocycles. The molecule has 5 heteroatoms. The van der Waals surface area contributed by atoms with Crippen molar-refractivity contribution in [2.75, 3.05) is 0 Å². The van der Waals surface area contributed by atoms with E-state index in [2.05, 4.69) is 17.8 Å². The van der Waals surface area contributed by atoms with Gasteiger partial charge in [-0.1, -0.05) is 31.6 Å². The molecule has 0 saturated carbocycles. The van der Waals surface area contributed by atoms with E-state index in [1.54, 1.807) is 6.92 Å². The van der Waals surface area contributed by atoms with Crippen LogP contribution in [-0.2, 0) is 19.0 Å². The van der Waals surface area contributed by atoms with E-state index in [4.69, 9.17) is 20.6 Å². The minimum atomic E-state index is -0.784. The molecule has 118 valence electrons. The lowest BCUT2D eigenvalue weighted by atomic mass is 9.81.